The maximum atomic E-state index is 5.49. The molecule has 2 heterocycles. The van der Waals surface area contributed by atoms with Crippen molar-refractivity contribution in [3.8, 4) is 0 Å². The number of hydrogen-bond donors (Lipinski definition) is 1. The fourth-order valence-corrected chi connectivity index (χ4v) is 3.47. The van der Waals surface area contributed by atoms with Crippen LogP contribution >= 0.6 is 24.0 Å². The van der Waals surface area contributed by atoms with Crippen molar-refractivity contribution in [3.63, 3.8) is 0 Å². The summed E-state index contributed by atoms with van der Waals surface area (Å²) in [5.74, 6) is 2.57. The number of piperidine rings is 1. The van der Waals surface area contributed by atoms with Crippen molar-refractivity contribution in [2.24, 2.45) is 16.8 Å². The lowest BCUT2D eigenvalue weighted by Crippen LogP contribution is -2.44. The number of aliphatic imine (C=N–C) groups is 1. The fourth-order valence-electron chi connectivity index (χ4n) is 3.47. The molecule has 2 atom stereocenters. The van der Waals surface area contributed by atoms with Gasteiger partial charge in [0.15, 0.2) is 5.96 Å². The van der Waals surface area contributed by atoms with Crippen molar-refractivity contribution in [2.75, 3.05) is 53.0 Å². The molecule has 24 heavy (non-hydrogen) atoms. The number of nitrogens with one attached hydrogen (secondary N) is 1. The Kier molecular flexibility index (Phi) is 10.5. The molecule has 2 aliphatic rings. The Labute approximate surface area is 165 Å². The van der Waals surface area contributed by atoms with Crippen molar-refractivity contribution < 1.29 is 4.74 Å². The zero-order chi connectivity index (χ0) is 16.7. The molecule has 0 aromatic heterocycles. The molecule has 1 N–H and O–H groups in total. The van der Waals surface area contributed by atoms with Crippen LogP contribution in [-0.2, 0) is 4.74 Å². The van der Waals surface area contributed by atoms with Crippen LogP contribution in [0.4, 0.5) is 0 Å². The number of hydrogen-bond acceptors (Lipinski definition) is 3. The van der Waals surface area contributed by atoms with E-state index in [1.54, 1.807) is 0 Å². The van der Waals surface area contributed by atoms with E-state index in [4.69, 9.17) is 9.73 Å². The van der Waals surface area contributed by atoms with E-state index in [1.165, 1.54) is 32.4 Å². The minimum atomic E-state index is 0. The first-order chi connectivity index (χ1) is 11.1. The van der Waals surface area contributed by atoms with Crippen LogP contribution in [0, 0.1) is 11.8 Å². The summed E-state index contributed by atoms with van der Waals surface area (Å²) in [5.41, 5.74) is 0. The number of halogens is 1. The van der Waals surface area contributed by atoms with Crippen LogP contribution in [0.3, 0.4) is 0 Å². The molecule has 0 amide bonds. The molecule has 2 aliphatic heterocycles. The van der Waals surface area contributed by atoms with Crippen molar-refractivity contribution in [2.45, 2.75) is 46.1 Å². The van der Waals surface area contributed by atoms with E-state index in [9.17, 15) is 0 Å². The van der Waals surface area contributed by atoms with Gasteiger partial charge in [0.25, 0.3) is 0 Å². The highest BCUT2D eigenvalue weighted by molar-refractivity contribution is 14.0. The molecule has 0 saturated carbocycles. The molecule has 0 bridgehead atoms. The number of ether oxygens (including phenoxy) is 1. The predicted octanol–water partition coefficient (Wildman–Crippen LogP) is 2.66. The summed E-state index contributed by atoms with van der Waals surface area (Å²) in [6.45, 7) is 13.9. The second-order valence-electron chi connectivity index (χ2n) is 7.37. The lowest BCUT2D eigenvalue weighted by Gasteiger charge is -2.34. The van der Waals surface area contributed by atoms with Gasteiger partial charge in [-0.25, -0.2) is 0 Å². The summed E-state index contributed by atoms with van der Waals surface area (Å²) < 4.78 is 5.49. The Balaban J connectivity index is 0.00000288. The minimum absolute atomic E-state index is 0. The maximum Gasteiger partial charge on any atom is 0.193 e. The third-order valence-corrected chi connectivity index (χ3v) is 5.20. The van der Waals surface area contributed by atoms with Crippen LogP contribution in [0.2, 0.25) is 0 Å². The molecule has 142 valence electrons. The van der Waals surface area contributed by atoms with Crippen molar-refractivity contribution in [1.29, 1.82) is 0 Å². The van der Waals surface area contributed by atoms with Crippen molar-refractivity contribution in [1.82, 2.24) is 15.1 Å². The standard InChI is InChI=1S/C18H36N4O.HI/c1-5-19-18(21(4)13-17-8-11-23-14-17)20-12-16(3)22-9-6-15(2)7-10-22;/h15-17H,5-14H2,1-4H3,(H,19,20);1H. The van der Waals surface area contributed by atoms with Crippen LogP contribution in [0.1, 0.15) is 40.0 Å². The van der Waals surface area contributed by atoms with E-state index >= 15 is 0 Å². The first-order valence-electron chi connectivity index (χ1n) is 9.41. The van der Waals surface area contributed by atoms with Gasteiger partial charge in [-0.3, -0.25) is 9.89 Å². The van der Waals surface area contributed by atoms with Gasteiger partial charge < -0.3 is 15.0 Å². The smallest absolute Gasteiger partial charge is 0.193 e. The Bertz CT molecular complexity index is 366. The zero-order valence-electron chi connectivity index (χ0n) is 16.0. The number of guanidine groups is 1. The SMILES string of the molecule is CCNC(=NCC(C)N1CCC(C)CC1)N(C)CC1CCOC1.I. The van der Waals surface area contributed by atoms with Gasteiger partial charge >= 0.3 is 0 Å². The van der Waals surface area contributed by atoms with E-state index < -0.39 is 0 Å². The lowest BCUT2D eigenvalue weighted by atomic mass is 9.98. The van der Waals surface area contributed by atoms with Gasteiger partial charge in [-0.1, -0.05) is 6.92 Å². The van der Waals surface area contributed by atoms with Crippen molar-refractivity contribution >= 4 is 29.9 Å². The quantitative estimate of drug-likeness (QED) is 0.382. The van der Waals surface area contributed by atoms with Crippen LogP contribution in [0.15, 0.2) is 4.99 Å². The molecule has 5 nitrogen and oxygen atoms in total. The molecule has 0 radical (unpaired) electrons. The van der Waals surface area contributed by atoms with Gasteiger partial charge in [0.1, 0.15) is 0 Å². The molecule has 2 fully saturated rings. The van der Waals surface area contributed by atoms with Crippen molar-refractivity contribution in [3.05, 3.63) is 0 Å². The highest BCUT2D eigenvalue weighted by Gasteiger charge is 2.21. The number of rotatable bonds is 6. The third kappa shape index (κ3) is 7.04. The summed E-state index contributed by atoms with van der Waals surface area (Å²) >= 11 is 0. The highest BCUT2D eigenvalue weighted by atomic mass is 127. The van der Waals surface area contributed by atoms with Gasteiger partial charge in [0.2, 0.25) is 0 Å². The van der Waals surface area contributed by atoms with Gasteiger partial charge in [-0.2, -0.15) is 0 Å². The van der Waals surface area contributed by atoms with Crippen LogP contribution in [-0.4, -0.2) is 74.8 Å². The topological polar surface area (TPSA) is 40.1 Å². The largest absolute Gasteiger partial charge is 0.381 e. The first-order valence-corrected chi connectivity index (χ1v) is 9.41. The van der Waals surface area contributed by atoms with Gasteiger partial charge in [-0.05, 0) is 52.1 Å². The van der Waals surface area contributed by atoms with E-state index in [1.807, 2.05) is 0 Å². The third-order valence-electron chi connectivity index (χ3n) is 5.20. The highest BCUT2D eigenvalue weighted by Crippen LogP contribution is 2.18. The van der Waals surface area contributed by atoms with Gasteiger partial charge in [0, 0.05) is 38.7 Å². The van der Waals surface area contributed by atoms with E-state index in [0.29, 0.717) is 12.0 Å². The Hall–Kier alpha value is -0.0800. The molecule has 0 aromatic carbocycles. The lowest BCUT2D eigenvalue weighted by molar-refractivity contribution is 0.150. The molecular weight excluding hydrogens is 415 g/mol. The summed E-state index contributed by atoms with van der Waals surface area (Å²) in [6.07, 6.45) is 3.83. The van der Waals surface area contributed by atoms with Gasteiger partial charge in [-0.15, -0.1) is 24.0 Å². The average Bonchev–Trinajstić information content (AvgIpc) is 3.04. The zero-order valence-corrected chi connectivity index (χ0v) is 18.3. The first kappa shape index (κ1) is 22.0. The molecule has 2 saturated heterocycles. The normalized spacial score (nSPS) is 24.5. The predicted molar refractivity (Wildman–Crippen MR) is 112 cm³/mol. The van der Waals surface area contributed by atoms with Crippen LogP contribution in [0.5, 0.6) is 0 Å². The Morgan fingerprint density at radius 3 is 2.62 bits per heavy atom. The summed E-state index contributed by atoms with van der Waals surface area (Å²) in [5, 5.41) is 3.44. The minimum Gasteiger partial charge on any atom is -0.381 e. The molecule has 6 heteroatoms. The maximum absolute atomic E-state index is 5.49. The summed E-state index contributed by atoms with van der Waals surface area (Å²) in [6, 6.07) is 0.527. The average molecular weight is 452 g/mol. The Morgan fingerprint density at radius 2 is 2.04 bits per heavy atom. The molecule has 2 rings (SSSR count). The van der Waals surface area contributed by atoms with E-state index in [2.05, 4.69) is 42.9 Å². The second-order valence-corrected chi connectivity index (χ2v) is 7.37. The van der Waals surface area contributed by atoms with Crippen LogP contribution in [0.25, 0.3) is 0 Å². The molecular formula is C18H37IN4O. The number of nitrogens with zero attached hydrogens (tertiary/aromatic N) is 3. The fraction of sp³-hybridized carbons (Fsp3) is 0.944. The van der Waals surface area contributed by atoms with Crippen LogP contribution < -0.4 is 5.32 Å². The van der Waals surface area contributed by atoms with E-state index in [-0.39, 0.29) is 24.0 Å². The van der Waals surface area contributed by atoms with Gasteiger partial charge in [0.05, 0.1) is 13.2 Å². The molecule has 0 aromatic rings. The summed E-state index contributed by atoms with van der Waals surface area (Å²) in [7, 11) is 2.15. The molecule has 0 aliphatic carbocycles. The van der Waals surface area contributed by atoms with E-state index in [0.717, 1.165) is 44.7 Å². The Morgan fingerprint density at radius 1 is 1.33 bits per heavy atom. The molecule has 2 unspecified atom stereocenters. The number of likely N-dealkylation sites (tertiary alicyclic amines) is 1. The molecule has 0 spiro atoms. The monoisotopic (exact) mass is 452 g/mol. The second kappa shape index (κ2) is 11.5. The summed E-state index contributed by atoms with van der Waals surface area (Å²) in [4.78, 5) is 9.77.